The van der Waals surface area contributed by atoms with E-state index in [0.717, 1.165) is 18.4 Å². The SMILES string of the molecule is O=S1(=O)CCC(COCc2ccccc2)CC1. The van der Waals surface area contributed by atoms with Crippen molar-refractivity contribution in [1.29, 1.82) is 0 Å². The van der Waals surface area contributed by atoms with Gasteiger partial charge in [-0.05, 0) is 24.3 Å². The van der Waals surface area contributed by atoms with E-state index in [0.29, 0.717) is 30.6 Å². The van der Waals surface area contributed by atoms with Crippen LogP contribution in [0.2, 0.25) is 0 Å². The Balaban J connectivity index is 1.70. The summed E-state index contributed by atoms with van der Waals surface area (Å²) < 4.78 is 28.1. The van der Waals surface area contributed by atoms with E-state index < -0.39 is 9.84 Å². The van der Waals surface area contributed by atoms with Gasteiger partial charge in [0.05, 0.1) is 18.1 Å². The summed E-state index contributed by atoms with van der Waals surface area (Å²) in [5.41, 5.74) is 1.16. The number of benzene rings is 1. The maximum absolute atomic E-state index is 11.3. The van der Waals surface area contributed by atoms with Gasteiger partial charge in [-0.3, -0.25) is 0 Å². The van der Waals surface area contributed by atoms with Crippen LogP contribution in [0.25, 0.3) is 0 Å². The van der Waals surface area contributed by atoms with Crippen LogP contribution in [0.1, 0.15) is 18.4 Å². The molecule has 0 aromatic heterocycles. The van der Waals surface area contributed by atoms with Crippen LogP contribution in [0.4, 0.5) is 0 Å². The van der Waals surface area contributed by atoms with Crippen LogP contribution in [0.3, 0.4) is 0 Å². The van der Waals surface area contributed by atoms with Gasteiger partial charge in [0.1, 0.15) is 9.84 Å². The first-order chi connectivity index (χ1) is 8.16. The molecule has 1 heterocycles. The molecule has 94 valence electrons. The van der Waals surface area contributed by atoms with Crippen molar-refractivity contribution in [3.05, 3.63) is 35.9 Å². The molecule has 0 amide bonds. The van der Waals surface area contributed by atoms with Crippen LogP contribution in [-0.4, -0.2) is 26.5 Å². The minimum Gasteiger partial charge on any atom is -0.376 e. The van der Waals surface area contributed by atoms with E-state index in [1.54, 1.807) is 0 Å². The lowest BCUT2D eigenvalue weighted by Crippen LogP contribution is -2.26. The second kappa shape index (κ2) is 5.65. The summed E-state index contributed by atoms with van der Waals surface area (Å²) in [5, 5.41) is 0. The van der Waals surface area contributed by atoms with Crippen molar-refractivity contribution in [2.24, 2.45) is 5.92 Å². The molecule has 0 radical (unpaired) electrons. The molecule has 3 nitrogen and oxygen atoms in total. The van der Waals surface area contributed by atoms with Gasteiger partial charge in [0.15, 0.2) is 0 Å². The summed E-state index contributed by atoms with van der Waals surface area (Å²) in [6.07, 6.45) is 1.49. The molecule has 0 unspecified atom stereocenters. The third-order valence-corrected chi connectivity index (χ3v) is 4.85. The van der Waals surface area contributed by atoms with E-state index in [-0.39, 0.29) is 0 Å². The quantitative estimate of drug-likeness (QED) is 0.825. The van der Waals surface area contributed by atoms with E-state index in [4.69, 9.17) is 4.74 Å². The zero-order chi connectivity index (χ0) is 12.1. The summed E-state index contributed by atoms with van der Waals surface area (Å²) >= 11 is 0. The monoisotopic (exact) mass is 254 g/mol. The fourth-order valence-electron chi connectivity index (χ4n) is 2.02. The standard InChI is InChI=1S/C13H18O3S/c14-17(15)8-6-13(7-9-17)11-16-10-12-4-2-1-3-5-12/h1-5,13H,6-11H2. The number of ether oxygens (including phenoxy) is 1. The Morgan fingerprint density at radius 3 is 2.41 bits per heavy atom. The molecule has 0 aliphatic carbocycles. The van der Waals surface area contributed by atoms with Crippen LogP contribution in [0.15, 0.2) is 30.3 Å². The average Bonchev–Trinajstić information content (AvgIpc) is 2.33. The molecule has 0 saturated carbocycles. The van der Waals surface area contributed by atoms with E-state index in [9.17, 15) is 8.42 Å². The highest BCUT2D eigenvalue weighted by molar-refractivity contribution is 7.91. The molecule has 1 fully saturated rings. The Bertz CT molecular complexity index is 425. The lowest BCUT2D eigenvalue weighted by atomic mass is 10.0. The second-order valence-electron chi connectivity index (χ2n) is 4.60. The number of hydrogen-bond donors (Lipinski definition) is 0. The lowest BCUT2D eigenvalue weighted by molar-refractivity contribution is 0.0837. The topological polar surface area (TPSA) is 43.4 Å². The average molecular weight is 254 g/mol. The van der Waals surface area contributed by atoms with E-state index in [1.165, 1.54) is 0 Å². The van der Waals surface area contributed by atoms with Gasteiger partial charge in [-0.2, -0.15) is 0 Å². The van der Waals surface area contributed by atoms with Gasteiger partial charge < -0.3 is 4.74 Å². The molecule has 2 rings (SSSR count). The number of sulfone groups is 1. The Hall–Kier alpha value is -0.870. The molecule has 1 aliphatic rings. The first-order valence-corrected chi connectivity index (χ1v) is 7.80. The molecular formula is C13H18O3S. The minimum absolute atomic E-state index is 0.326. The van der Waals surface area contributed by atoms with Crippen LogP contribution in [0, 0.1) is 5.92 Å². The van der Waals surface area contributed by atoms with Crippen LogP contribution < -0.4 is 0 Å². The molecular weight excluding hydrogens is 236 g/mol. The van der Waals surface area contributed by atoms with Gasteiger partial charge in [0, 0.05) is 6.61 Å². The first-order valence-electron chi connectivity index (χ1n) is 5.98. The van der Waals surface area contributed by atoms with E-state index in [1.807, 2.05) is 30.3 Å². The molecule has 0 spiro atoms. The van der Waals surface area contributed by atoms with Crippen molar-refractivity contribution in [3.8, 4) is 0 Å². The molecule has 1 aromatic carbocycles. The summed E-state index contributed by atoms with van der Waals surface area (Å²) in [4.78, 5) is 0. The molecule has 1 saturated heterocycles. The zero-order valence-electron chi connectivity index (χ0n) is 9.84. The molecule has 0 N–H and O–H groups in total. The second-order valence-corrected chi connectivity index (χ2v) is 6.90. The fraction of sp³-hybridized carbons (Fsp3) is 0.538. The molecule has 1 aliphatic heterocycles. The molecule has 4 heteroatoms. The van der Waals surface area contributed by atoms with Crippen LogP contribution in [-0.2, 0) is 21.2 Å². The van der Waals surface area contributed by atoms with Crippen LogP contribution >= 0.6 is 0 Å². The Kier molecular flexibility index (Phi) is 4.18. The van der Waals surface area contributed by atoms with E-state index >= 15 is 0 Å². The number of hydrogen-bond acceptors (Lipinski definition) is 3. The normalized spacial score (nSPS) is 20.2. The van der Waals surface area contributed by atoms with Crippen molar-refractivity contribution in [2.45, 2.75) is 19.4 Å². The summed E-state index contributed by atoms with van der Waals surface area (Å²) in [6, 6.07) is 10.0. The van der Waals surface area contributed by atoms with Crippen molar-refractivity contribution in [3.63, 3.8) is 0 Å². The Morgan fingerprint density at radius 1 is 1.12 bits per heavy atom. The van der Waals surface area contributed by atoms with E-state index in [2.05, 4.69) is 0 Å². The highest BCUT2D eigenvalue weighted by Gasteiger charge is 2.23. The zero-order valence-corrected chi connectivity index (χ0v) is 10.7. The van der Waals surface area contributed by atoms with Crippen molar-refractivity contribution in [1.82, 2.24) is 0 Å². The Labute approximate surface area is 103 Å². The fourth-order valence-corrected chi connectivity index (χ4v) is 3.61. The van der Waals surface area contributed by atoms with Crippen molar-refractivity contribution < 1.29 is 13.2 Å². The maximum atomic E-state index is 11.3. The largest absolute Gasteiger partial charge is 0.376 e. The summed E-state index contributed by atoms with van der Waals surface area (Å²) in [5.74, 6) is 1.06. The highest BCUT2D eigenvalue weighted by Crippen LogP contribution is 2.19. The van der Waals surface area contributed by atoms with Gasteiger partial charge in [-0.15, -0.1) is 0 Å². The van der Waals surface area contributed by atoms with Gasteiger partial charge >= 0.3 is 0 Å². The minimum atomic E-state index is -2.75. The lowest BCUT2D eigenvalue weighted by Gasteiger charge is -2.21. The molecule has 0 atom stereocenters. The third kappa shape index (κ3) is 4.13. The molecule has 1 aromatic rings. The molecule has 17 heavy (non-hydrogen) atoms. The summed E-state index contributed by atoms with van der Waals surface area (Å²) in [7, 11) is -2.75. The number of rotatable bonds is 4. The smallest absolute Gasteiger partial charge is 0.150 e. The predicted octanol–water partition coefficient (Wildman–Crippen LogP) is 2.03. The van der Waals surface area contributed by atoms with Gasteiger partial charge in [-0.1, -0.05) is 30.3 Å². The Morgan fingerprint density at radius 2 is 1.76 bits per heavy atom. The van der Waals surface area contributed by atoms with Gasteiger partial charge in [-0.25, -0.2) is 8.42 Å². The first kappa shape index (κ1) is 12.6. The van der Waals surface area contributed by atoms with Crippen molar-refractivity contribution >= 4 is 9.84 Å². The predicted molar refractivity (Wildman–Crippen MR) is 67.5 cm³/mol. The maximum Gasteiger partial charge on any atom is 0.150 e. The van der Waals surface area contributed by atoms with Crippen LogP contribution in [0.5, 0.6) is 0 Å². The van der Waals surface area contributed by atoms with Gasteiger partial charge in [0.25, 0.3) is 0 Å². The summed E-state index contributed by atoms with van der Waals surface area (Å²) in [6.45, 7) is 1.29. The highest BCUT2D eigenvalue weighted by atomic mass is 32.2. The van der Waals surface area contributed by atoms with Crippen molar-refractivity contribution in [2.75, 3.05) is 18.1 Å². The molecule has 0 bridgehead atoms. The van der Waals surface area contributed by atoms with Gasteiger partial charge in [0.2, 0.25) is 0 Å². The third-order valence-electron chi connectivity index (χ3n) is 3.14.